The van der Waals surface area contributed by atoms with E-state index in [9.17, 15) is 0 Å². The van der Waals surface area contributed by atoms with Crippen LogP contribution in [0.4, 0.5) is 5.69 Å². The normalized spacial score (nSPS) is 41.2. The Morgan fingerprint density at radius 2 is 1.72 bits per heavy atom. The summed E-state index contributed by atoms with van der Waals surface area (Å²) in [5.74, 6) is 3.02. The Balaban J connectivity index is 1.63. The molecule has 4 aliphatic rings. The number of pyridine rings is 1. The van der Waals surface area contributed by atoms with Gasteiger partial charge in [0.1, 0.15) is 0 Å². The molecular weight excluding hydrogens is 240 g/mol. The van der Waals surface area contributed by atoms with Crippen molar-refractivity contribution in [2.45, 2.75) is 48.2 Å². The molecule has 4 aliphatic carbocycles. The number of aromatic nitrogens is 1. The summed E-state index contributed by atoms with van der Waals surface area (Å²) in [7, 11) is 0. The molecule has 0 unspecified atom stereocenters. The summed E-state index contributed by atoms with van der Waals surface area (Å²) in [6.07, 6.45) is 12.5. The number of nitrogen functional groups attached to an aromatic ring is 1. The van der Waals surface area contributed by atoms with Crippen LogP contribution in [0.15, 0.2) is 23.4 Å². The SMILES string of the molecule is Nc1cnccc1SC12CC3CC(CC(C3)C1)C2. The second kappa shape index (κ2) is 3.89. The Morgan fingerprint density at radius 3 is 2.28 bits per heavy atom. The van der Waals surface area contributed by atoms with Crippen molar-refractivity contribution >= 4 is 17.4 Å². The molecule has 3 heteroatoms. The first kappa shape index (κ1) is 11.2. The van der Waals surface area contributed by atoms with Crippen LogP contribution in [0.3, 0.4) is 0 Å². The standard InChI is InChI=1S/C15H20N2S/c16-13-9-17-2-1-14(13)18-15-6-10-3-11(7-15)5-12(4-10)8-15/h1-2,9-12H,3-8,16H2. The van der Waals surface area contributed by atoms with E-state index in [1.54, 1.807) is 6.20 Å². The second-order valence-electron chi connectivity index (χ2n) is 6.62. The topological polar surface area (TPSA) is 38.9 Å². The maximum absolute atomic E-state index is 6.07. The smallest absolute Gasteiger partial charge is 0.0638 e. The summed E-state index contributed by atoms with van der Waals surface area (Å²) in [5, 5.41) is 0. The lowest BCUT2D eigenvalue weighted by Gasteiger charge is -2.56. The molecule has 0 atom stereocenters. The molecule has 1 heterocycles. The highest BCUT2D eigenvalue weighted by atomic mass is 32.2. The van der Waals surface area contributed by atoms with E-state index in [0.29, 0.717) is 4.75 Å². The van der Waals surface area contributed by atoms with Crippen molar-refractivity contribution < 1.29 is 0 Å². The summed E-state index contributed by atoms with van der Waals surface area (Å²) in [4.78, 5) is 5.36. The molecule has 0 spiro atoms. The maximum atomic E-state index is 6.07. The van der Waals surface area contributed by atoms with E-state index in [4.69, 9.17) is 5.73 Å². The Bertz CT molecular complexity index is 436. The molecule has 1 aromatic heterocycles. The molecule has 4 bridgehead atoms. The van der Waals surface area contributed by atoms with Gasteiger partial charge in [0.2, 0.25) is 0 Å². The van der Waals surface area contributed by atoms with Gasteiger partial charge in [-0.15, -0.1) is 11.8 Å². The van der Waals surface area contributed by atoms with Crippen molar-refractivity contribution in [1.29, 1.82) is 0 Å². The van der Waals surface area contributed by atoms with Gasteiger partial charge in [0.15, 0.2) is 0 Å². The van der Waals surface area contributed by atoms with Crippen LogP contribution in [0.5, 0.6) is 0 Å². The van der Waals surface area contributed by atoms with E-state index in [2.05, 4.69) is 22.8 Å². The first-order valence-electron chi connectivity index (χ1n) is 7.11. The van der Waals surface area contributed by atoms with Gasteiger partial charge in [-0.05, 0) is 62.3 Å². The first-order valence-corrected chi connectivity index (χ1v) is 7.93. The molecule has 0 amide bonds. The highest BCUT2D eigenvalue weighted by Crippen LogP contribution is 2.62. The van der Waals surface area contributed by atoms with Gasteiger partial charge in [0.05, 0.1) is 11.9 Å². The third kappa shape index (κ3) is 1.75. The number of nitrogens with two attached hydrogens (primary N) is 1. The van der Waals surface area contributed by atoms with Crippen LogP contribution in [0.1, 0.15) is 38.5 Å². The molecule has 4 fully saturated rings. The number of hydrogen-bond acceptors (Lipinski definition) is 3. The minimum absolute atomic E-state index is 0.504. The number of hydrogen-bond donors (Lipinski definition) is 1. The number of rotatable bonds is 2. The van der Waals surface area contributed by atoms with E-state index in [1.165, 1.54) is 43.4 Å². The molecule has 1 aromatic rings. The molecule has 96 valence electrons. The van der Waals surface area contributed by atoms with Crippen molar-refractivity contribution in [3.63, 3.8) is 0 Å². The number of thioether (sulfide) groups is 1. The van der Waals surface area contributed by atoms with E-state index >= 15 is 0 Å². The molecule has 0 aliphatic heterocycles. The van der Waals surface area contributed by atoms with Crippen molar-refractivity contribution in [3.8, 4) is 0 Å². The van der Waals surface area contributed by atoms with Gasteiger partial charge in [-0.1, -0.05) is 0 Å². The van der Waals surface area contributed by atoms with Crippen LogP contribution in [-0.2, 0) is 0 Å². The van der Waals surface area contributed by atoms with Gasteiger partial charge in [-0.2, -0.15) is 0 Å². The molecule has 2 nitrogen and oxygen atoms in total. The fourth-order valence-electron chi connectivity index (χ4n) is 4.88. The summed E-state index contributed by atoms with van der Waals surface area (Å²) < 4.78 is 0.504. The monoisotopic (exact) mass is 260 g/mol. The highest BCUT2D eigenvalue weighted by Gasteiger charge is 2.51. The largest absolute Gasteiger partial charge is 0.397 e. The van der Waals surface area contributed by atoms with Crippen LogP contribution in [-0.4, -0.2) is 9.73 Å². The lowest BCUT2D eigenvalue weighted by Crippen LogP contribution is -2.48. The van der Waals surface area contributed by atoms with Gasteiger partial charge in [-0.3, -0.25) is 4.98 Å². The third-order valence-corrected chi connectivity index (χ3v) is 6.64. The fraction of sp³-hybridized carbons (Fsp3) is 0.667. The van der Waals surface area contributed by atoms with Crippen molar-refractivity contribution in [2.75, 3.05) is 5.73 Å². The Labute approximate surface area is 113 Å². The molecular formula is C15H20N2S. The Morgan fingerprint density at radius 1 is 1.11 bits per heavy atom. The lowest BCUT2D eigenvalue weighted by atomic mass is 9.56. The van der Waals surface area contributed by atoms with Gasteiger partial charge in [0, 0.05) is 15.8 Å². The first-order chi connectivity index (χ1) is 8.72. The second-order valence-corrected chi connectivity index (χ2v) is 8.13. The van der Waals surface area contributed by atoms with Gasteiger partial charge in [-0.25, -0.2) is 0 Å². The predicted molar refractivity (Wildman–Crippen MR) is 75.4 cm³/mol. The van der Waals surface area contributed by atoms with Crippen LogP contribution in [0, 0.1) is 17.8 Å². The molecule has 0 radical (unpaired) electrons. The summed E-state index contributed by atoms with van der Waals surface area (Å²) in [5.41, 5.74) is 6.93. The molecule has 0 aromatic carbocycles. The Hall–Kier alpha value is -0.700. The predicted octanol–water partition coefficient (Wildman–Crippen LogP) is 3.72. The Kier molecular flexibility index (Phi) is 2.41. The fourth-order valence-corrected chi connectivity index (χ4v) is 6.60. The lowest BCUT2D eigenvalue weighted by molar-refractivity contribution is 0.0383. The zero-order valence-corrected chi connectivity index (χ0v) is 11.5. The molecule has 4 saturated carbocycles. The van der Waals surface area contributed by atoms with Crippen LogP contribution >= 0.6 is 11.8 Å². The van der Waals surface area contributed by atoms with Crippen molar-refractivity contribution in [2.24, 2.45) is 17.8 Å². The van der Waals surface area contributed by atoms with E-state index in [-0.39, 0.29) is 0 Å². The summed E-state index contributed by atoms with van der Waals surface area (Å²) in [6, 6.07) is 2.10. The minimum Gasteiger partial charge on any atom is -0.397 e. The molecule has 5 rings (SSSR count). The van der Waals surface area contributed by atoms with E-state index in [1.807, 2.05) is 6.20 Å². The zero-order valence-electron chi connectivity index (χ0n) is 10.6. The van der Waals surface area contributed by atoms with Gasteiger partial charge >= 0.3 is 0 Å². The molecule has 0 saturated heterocycles. The summed E-state index contributed by atoms with van der Waals surface area (Å²) in [6.45, 7) is 0. The quantitative estimate of drug-likeness (QED) is 0.880. The zero-order chi connectivity index (χ0) is 12.2. The van der Waals surface area contributed by atoms with Crippen LogP contribution in [0.2, 0.25) is 0 Å². The van der Waals surface area contributed by atoms with Crippen LogP contribution in [0.25, 0.3) is 0 Å². The summed E-state index contributed by atoms with van der Waals surface area (Å²) >= 11 is 2.06. The molecule has 18 heavy (non-hydrogen) atoms. The average molecular weight is 260 g/mol. The number of nitrogens with zero attached hydrogens (tertiary/aromatic N) is 1. The minimum atomic E-state index is 0.504. The molecule has 2 N–H and O–H groups in total. The van der Waals surface area contributed by atoms with Crippen molar-refractivity contribution in [3.05, 3.63) is 18.5 Å². The number of anilines is 1. The van der Waals surface area contributed by atoms with E-state index in [0.717, 1.165) is 23.4 Å². The maximum Gasteiger partial charge on any atom is 0.0638 e. The van der Waals surface area contributed by atoms with Gasteiger partial charge in [0.25, 0.3) is 0 Å². The van der Waals surface area contributed by atoms with Crippen molar-refractivity contribution in [1.82, 2.24) is 4.98 Å². The average Bonchev–Trinajstić information content (AvgIpc) is 2.30. The van der Waals surface area contributed by atoms with E-state index < -0.39 is 0 Å². The van der Waals surface area contributed by atoms with Gasteiger partial charge < -0.3 is 5.73 Å². The highest BCUT2D eigenvalue weighted by molar-refractivity contribution is 8.00. The van der Waals surface area contributed by atoms with Crippen LogP contribution < -0.4 is 5.73 Å². The third-order valence-electron chi connectivity index (χ3n) is 5.12.